The smallest absolute Gasteiger partial charge is 0.341 e. The average molecular weight is 409 g/mol. The van der Waals surface area contributed by atoms with E-state index in [9.17, 15) is 4.79 Å². The van der Waals surface area contributed by atoms with Crippen LogP contribution in [0.5, 0.6) is 0 Å². The molecule has 0 N–H and O–H groups in total. The summed E-state index contributed by atoms with van der Waals surface area (Å²) in [6.45, 7) is 5.80. The number of pyridine rings is 1. The van der Waals surface area contributed by atoms with Crippen molar-refractivity contribution in [1.82, 2.24) is 25.0 Å². The second-order valence-corrected chi connectivity index (χ2v) is 7.58. The summed E-state index contributed by atoms with van der Waals surface area (Å²) < 4.78 is 7.08. The molecule has 3 aromatic heterocycles. The number of piperidine rings is 1. The summed E-state index contributed by atoms with van der Waals surface area (Å²) in [5, 5.41) is 13.7. The quantitative estimate of drug-likeness (QED) is 0.593. The van der Waals surface area contributed by atoms with Crippen molar-refractivity contribution < 1.29 is 9.53 Å². The van der Waals surface area contributed by atoms with Crippen LogP contribution in [0.1, 0.15) is 35.8 Å². The monoisotopic (exact) mass is 409 g/mol. The highest BCUT2D eigenvalue weighted by atomic mass is 16.5. The van der Waals surface area contributed by atoms with Crippen molar-refractivity contribution in [2.45, 2.75) is 32.7 Å². The van der Waals surface area contributed by atoms with Crippen molar-refractivity contribution in [3.63, 3.8) is 0 Å². The van der Waals surface area contributed by atoms with Gasteiger partial charge in [0, 0.05) is 45.6 Å². The number of carbonyl (C=O) groups is 1. The first-order chi connectivity index (χ1) is 14.5. The van der Waals surface area contributed by atoms with E-state index in [-0.39, 0.29) is 12.0 Å². The lowest BCUT2D eigenvalue weighted by molar-refractivity contribution is 0.0526. The van der Waals surface area contributed by atoms with Crippen molar-refractivity contribution in [1.29, 1.82) is 0 Å². The van der Waals surface area contributed by atoms with Crippen molar-refractivity contribution >= 4 is 28.5 Å². The Hall–Kier alpha value is -3.23. The molecule has 0 amide bonds. The molecule has 0 radical (unpaired) electrons. The normalized spacial score (nSPS) is 16.7. The predicted molar refractivity (Wildman–Crippen MR) is 115 cm³/mol. The van der Waals surface area contributed by atoms with Gasteiger partial charge in [0.1, 0.15) is 5.56 Å². The SMILES string of the molecule is CCOC(=O)c1cnc2c(c(C)nn2C)c1N(C)C1CCCN(c2cccnn2)C1. The third-order valence-electron chi connectivity index (χ3n) is 5.67. The Balaban J connectivity index is 1.75. The van der Waals surface area contributed by atoms with Gasteiger partial charge in [0.05, 0.1) is 23.4 Å². The number of esters is 1. The van der Waals surface area contributed by atoms with Crippen LogP contribution in [0, 0.1) is 6.92 Å². The lowest BCUT2D eigenvalue weighted by atomic mass is 10.0. The first-order valence-corrected chi connectivity index (χ1v) is 10.3. The van der Waals surface area contributed by atoms with Crippen LogP contribution >= 0.6 is 0 Å². The minimum atomic E-state index is -0.362. The Morgan fingerprint density at radius 1 is 1.40 bits per heavy atom. The van der Waals surface area contributed by atoms with Crippen LogP contribution in [0.3, 0.4) is 0 Å². The van der Waals surface area contributed by atoms with Crippen LogP contribution in [0.25, 0.3) is 11.0 Å². The number of ether oxygens (including phenoxy) is 1. The topological polar surface area (TPSA) is 89.3 Å². The summed E-state index contributed by atoms with van der Waals surface area (Å²) in [5.74, 6) is 0.511. The number of likely N-dealkylation sites (N-methyl/N-ethyl adjacent to an activating group) is 1. The molecule has 1 aliphatic heterocycles. The zero-order valence-corrected chi connectivity index (χ0v) is 17.9. The van der Waals surface area contributed by atoms with Crippen molar-refractivity contribution in [3.05, 3.63) is 35.8 Å². The zero-order chi connectivity index (χ0) is 21.3. The van der Waals surface area contributed by atoms with E-state index in [1.54, 1.807) is 17.1 Å². The molecule has 9 heteroatoms. The Bertz CT molecular complexity index is 1050. The van der Waals surface area contributed by atoms with Crippen LogP contribution in [-0.4, -0.2) is 63.7 Å². The minimum Gasteiger partial charge on any atom is -0.462 e. The van der Waals surface area contributed by atoms with E-state index in [4.69, 9.17) is 4.74 Å². The van der Waals surface area contributed by atoms with Crippen LogP contribution in [-0.2, 0) is 11.8 Å². The molecule has 30 heavy (non-hydrogen) atoms. The molecule has 0 saturated carbocycles. The van der Waals surface area contributed by atoms with Crippen LogP contribution in [0.15, 0.2) is 24.5 Å². The summed E-state index contributed by atoms with van der Waals surface area (Å²) in [6, 6.07) is 4.08. The number of hydrogen-bond donors (Lipinski definition) is 0. The van der Waals surface area contributed by atoms with Crippen LogP contribution < -0.4 is 9.80 Å². The van der Waals surface area contributed by atoms with Gasteiger partial charge in [-0.25, -0.2) is 9.78 Å². The number of hydrogen-bond acceptors (Lipinski definition) is 8. The third-order valence-corrected chi connectivity index (χ3v) is 5.67. The first-order valence-electron chi connectivity index (χ1n) is 10.3. The average Bonchev–Trinajstić information content (AvgIpc) is 3.07. The van der Waals surface area contributed by atoms with Gasteiger partial charge in [-0.05, 0) is 38.8 Å². The van der Waals surface area contributed by atoms with E-state index in [0.29, 0.717) is 12.2 Å². The number of anilines is 2. The first kappa shape index (κ1) is 20.1. The molecule has 1 atom stereocenters. The Morgan fingerprint density at radius 3 is 2.97 bits per heavy atom. The maximum absolute atomic E-state index is 12.8. The fourth-order valence-corrected chi connectivity index (χ4v) is 4.24. The van der Waals surface area contributed by atoms with E-state index in [0.717, 1.165) is 54.2 Å². The lowest BCUT2D eigenvalue weighted by Gasteiger charge is -2.39. The molecule has 158 valence electrons. The number of fused-ring (bicyclic) bond motifs is 1. The molecular formula is C21H27N7O2. The minimum absolute atomic E-state index is 0.194. The maximum Gasteiger partial charge on any atom is 0.341 e. The van der Waals surface area contributed by atoms with Gasteiger partial charge in [0.25, 0.3) is 0 Å². The molecule has 0 aliphatic carbocycles. The van der Waals surface area contributed by atoms with Crippen molar-refractivity contribution in [3.8, 4) is 0 Å². The number of rotatable bonds is 5. The highest BCUT2D eigenvalue weighted by Gasteiger charge is 2.30. The van der Waals surface area contributed by atoms with Gasteiger partial charge in [0.15, 0.2) is 11.5 Å². The third kappa shape index (κ3) is 3.55. The van der Waals surface area contributed by atoms with Gasteiger partial charge in [-0.1, -0.05) is 0 Å². The Kier molecular flexibility index (Phi) is 5.52. The van der Waals surface area contributed by atoms with Crippen molar-refractivity contribution in [2.75, 3.05) is 36.5 Å². The van der Waals surface area contributed by atoms with Crippen LogP contribution in [0.2, 0.25) is 0 Å². The van der Waals surface area contributed by atoms with Crippen LogP contribution in [0.4, 0.5) is 11.5 Å². The summed E-state index contributed by atoms with van der Waals surface area (Å²) in [4.78, 5) is 21.7. The van der Waals surface area contributed by atoms with Gasteiger partial charge in [0.2, 0.25) is 0 Å². The molecule has 0 aromatic carbocycles. The van der Waals surface area contributed by atoms with Gasteiger partial charge in [-0.3, -0.25) is 4.68 Å². The van der Waals surface area contributed by atoms with Gasteiger partial charge in [-0.15, -0.1) is 5.10 Å². The lowest BCUT2D eigenvalue weighted by Crippen LogP contribution is -2.47. The molecule has 4 rings (SSSR count). The molecule has 3 aromatic rings. The summed E-state index contributed by atoms with van der Waals surface area (Å²) in [6.07, 6.45) is 5.33. The predicted octanol–water partition coefficient (Wildman–Crippen LogP) is 2.35. The summed E-state index contributed by atoms with van der Waals surface area (Å²) in [5.41, 5.74) is 2.90. The second kappa shape index (κ2) is 8.25. The molecule has 1 fully saturated rings. The van der Waals surface area contributed by atoms with E-state index < -0.39 is 0 Å². The molecular weight excluding hydrogens is 382 g/mol. The largest absolute Gasteiger partial charge is 0.462 e. The number of carbonyl (C=O) groups excluding carboxylic acids is 1. The van der Waals surface area contributed by atoms with E-state index in [1.165, 1.54) is 0 Å². The molecule has 0 spiro atoms. The van der Waals surface area contributed by atoms with E-state index in [1.807, 2.05) is 40.1 Å². The standard InChI is InChI=1S/C21H27N7O2/c1-5-30-21(29)16-12-22-20-18(14(2)25-27(20)4)19(16)26(3)15-8-7-11-28(13-15)17-9-6-10-23-24-17/h6,9-10,12,15H,5,7-8,11,13H2,1-4H3. The molecule has 1 saturated heterocycles. The van der Waals surface area contributed by atoms with Gasteiger partial charge < -0.3 is 14.5 Å². The van der Waals surface area contributed by atoms with E-state index in [2.05, 4.69) is 30.1 Å². The molecule has 1 unspecified atom stereocenters. The van der Waals surface area contributed by atoms with Crippen molar-refractivity contribution in [2.24, 2.45) is 7.05 Å². The fourth-order valence-electron chi connectivity index (χ4n) is 4.24. The second-order valence-electron chi connectivity index (χ2n) is 7.58. The summed E-state index contributed by atoms with van der Waals surface area (Å²) >= 11 is 0. The van der Waals surface area contributed by atoms with E-state index >= 15 is 0 Å². The molecule has 0 bridgehead atoms. The number of nitrogens with zero attached hydrogens (tertiary/aromatic N) is 7. The summed E-state index contributed by atoms with van der Waals surface area (Å²) in [7, 11) is 3.90. The van der Waals surface area contributed by atoms with Gasteiger partial charge in [-0.2, -0.15) is 10.2 Å². The fraction of sp³-hybridized carbons (Fsp3) is 0.476. The van der Waals surface area contributed by atoms with Gasteiger partial charge >= 0.3 is 5.97 Å². The highest BCUT2D eigenvalue weighted by molar-refractivity contribution is 6.05. The Labute approximate surface area is 175 Å². The number of aromatic nitrogens is 5. The number of aryl methyl sites for hydroxylation is 2. The molecule has 4 heterocycles. The maximum atomic E-state index is 12.8. The molecule has 9 nitrogen and oxygen atoms in total. The zero-order valence-electron chi connectivity index (χ0n) is 17.9. The molecule has 1 aliphatic rings. The highest BCUT2D eigenvalue weighted by Crippen LogP contribution is 2.34. The Morgan fingerprint density at radius 2 is 2.23 bits per heavy atom.